The second-order valence-corrected chi connectivity index (χ2v) is 5.01. The molecule has 4 nitrogen and oxygen atoms in total. The first-order valence-corrected chi connectivity index (χ1v) is 6.82. The maximum Gasteiger partial charge on any atom is 0.242 e. The minimum atomic E-state index is -0.405. The van der Waals surface area contributed by atoms with Gasteiger partial charge in [-0.15, -0.1) is 0 Å². The largest absolute Gasteiger partial charge is 0.388 e. The van der Waals surface area contributed by atoms with Crippen LogP contribution in [0.2, 0.25) is 0 Å². The number of aliphatic hydroxyl groups is 1. The van der Waals surface area contributed by atoms with Crippen LogP contribution in [-0.4, -0.2) is 33.6 Å². The monoisotopic (exact) mass is 250 g/mol. The van der Waals surface area contributed by atoms with Crippen LogP contribution < -0.4 is 0 Å². The molecule has 0 radical (unpaired) electrons. The molecule has 0 bridgehead atoms. The minimum Gasteiger partial charge on any atom is -0.388 e. The first kappa shape index (κ1) is 13.1. The summed E-state index contributed by atoms with van der Waals surface area (Å²) >= 11 is 0. The Labute approximate surface area is 108 Å². The molecule has 1 saturated heterocycles. The van der Waals surface area contributed by atoms with Crippen molar-refractivity contribution in [1.82, 2.24) is 9.47 Å². The summed E-state index contributed by atoms with van der Waals surface area (Å²) in [6.45, 7) is 4.23. The molecule has 2 rings (SSSR count). The summed E-state index contributed by atoms with van der Waals surface area (Å²) in [7, 11) is 0. The van der Waals surface area contributed by atoms with Crippen molar-refractivity contribution in [2.75, 3.05) is 13.1 Å². The van der Waals surface area contributed by atoms with Crippen LogP contribution in [-0.2, 0) is 11.3 Å². The van der Waals surface area contributed by atoms with Crippen molar-refractivity contribution in [3.8, 4) is 0 Å². The number of hydrogen-bond acceptors (Lipinski definition) is 2. The molecule has 4 heteroatoms. The molecule has 1 aliphatic heterocycles. The maximum absolute atomic E-state index is 12.0. The average Bonchev–Trinajstić information content (AvgIpc) is 2.99. The Morgan fingerprint density at radius 2 is 2.17 bits per heavy atom. The van der Waals surface area contributed by atoms with E-state index in [0.717, 1.165) is 44.3 Å². The van der Waals surface area contributed by atoms with Gasteiger partial charge in [0.15, 0.2) is 0 Å². The second-order valence-electron chi connectivity index (χ2n) is 5.01. The van der Waals surface area contributed by atoms with Crippen LogP contribution in [0.25, 0.3) is 0 Å². The predicted octanol–water partition coefficient (Wildman–Crippen LogP) is 1.94. The van der Waals surface area contributed by atoms with Crippen molar-refractivity contribution in [1.29, 1.82) is 0 Å². The van der Waals surface area contributed by atoms with Crippen LogP contribution in [0.4, 0.5) is 0 Å². The average molecular weight is 250 g/mol. The highest BCUT2D eigenvalue weighted by molar-refractivity contribution is 5.76. The van der Waals surface area contributed by atoms with Crippen molar-refractivity contribution in [3.05, 3.63) is 24.0 Å². The Balaban J connectivity index is 1.91. The molecule has 0 aromatic carbocycles. The number of carbonyl (C=O) groups is 1. The highest BCUT2D eigenvalue weighted by Crippen LogP contribution is 2.18. The fraction of sp³-hybridized carbons (Fsp3) is 0.643. The molecule has 18 heavy (non-hydrogen) atoms. The van der Waals surface area contributed by atoms with E-state index in [0.29, 0.717) is 6.54 Å². The normalized spacial score (nSPS) is 17.1. The Hall–Kier alpha value is -1.29. The van der Waals surface area contributed by atoms with Crippen molar-refractivity contribution < 1.29 is 9.90 Å². The lowest BCUT2D eigenvalue weighted by Crippen LogP contribution is -2.30. The maximum atomic E-state index is 12.0. The van der Waals surface area contributed by atoms with E-state index in [1.165, 1.54) is 0 Å². The van der Waals surface area contributed by atoms with Gasteiger partial charge in [-0.05, 0) is 30.9 Å². The number of amides is 1. The lowest BCUT2D eigenvalue weighted by molar-refractivity contribution is -0.130. The van der Waals surface area contributed by atoms with Crippen molar-refractivity contribution >= 4 is 5.91 Å². The third-order valence-electron chi connectivity index (χ3n) is 3.50. The van der Waals surface area contributed by atoms with Gasteiger partial charge in [-0.25, -0.2) is 0 Å². The Kier molecular flexibility index (Phi) is 4.42. The van der Waals surface area contributed by atoms with Crippen LogP contribution in [0.1, 0.15) is 44.3 Å². The van der Waals surface area contributed by atoms with Gasteiger partial charge < -0.3 is 14.6 Å². The number of likely N-dealkylation sites (tertiary alicyclic amines) is 1. The van der Waals surface area contributed by atoms with E-state index in [1.807, 2.05) is 27.9 Å². The Morgan fingerprint density at radius 1 is 1.44 bits per heavy atom. The zero-order chi connectivity index (χ0) is 13.0. The molecule has 1 aliphatic rings. The summed E-state index contributed by atoms with van der Waals surface area (Å²) in [6, 6.07) is 1.90. The van der Waals surface area contributed by atoms with Gasteiger partial charge in [-0.1, -0.05) is 13.3 Å². The number of nitrogens with zero attached hydrogens (tertiary/aromatic N) is 2. The highest BCUT2D eigenvalue weighted by Gasteiger charge is 2.18. The van der Waals surface area contributed by atoms with Crippen LogP contribution in [0.3, 0.4) is 0 Å². The number of carbonyl (C=O) groups excluding carboxylic acids is 1. The number of aromatic nitrogens is 1. The van der Waals surface area contributed by atoms with E-state index in [2.05, 4.69) is 6.92 Å². The number of hydrogen-bond donors (Lipinski definition) is 1. The van der Waals surface area contributed by atoms with Gasteiger partial charge >= 0.3 is 0 Å². The summed E-state index contributed by atoms with van der Waals surface area (Å²) in [5.74, 6) is 0.180. The molecule has 100 valence electrons. The molecule has 0 spiro atoms. The van der Waals surface area contributed by atoms with E-state index >= 15 is 0 Å². The van der Waals surface area contributed by atoms with E-state index in [9.17, 15) is 9.90 Å². The second kappa shape index (κ2) is 6.05. The van der Waals surface area contributed by atoms with Gasteiger partial charge in [-0.2, -0.15) is 0 Å². The molecule has 1 aromatic rings. The molecule has 1 N–H and O–H groups in total. The van der Waals surface area contributed by atoms with E-state index in [-0.39, 0.29) is 5.91 Å². The molecular weight excluding hydrogens is 228 g/mol. The van der Waals surface area contributed by atoms with Gasteiger partial charge in [0, 0.05) is 25.5 Å². The molecule has 1 amide bonds. The van der Waals surface area contributed by atoms with E-state index < -0.39 is 6.10 Å². The van der Waals surface area contributed by atoms with Gasteiger partial charge in [0.2, 0.25) is 5.91 Å². The molecule has 2 heterocycles. The number of rotatable bonds is 5. The van der Waals surface area contributed by atoms with E-state index in [4.69, 9.17) is 0 Å². The molecule has 1 atom stereocenters. The summed E-state index contributed by atoms with van der Waals surface area (Å²) in [6.07, 6.45) is 7.33. The van der Waals surface area contributed by atoms with Crippen molar-refractivity contribution in [2.24, 2.45) is 0 Å². The SMILES string of the molecule is CCCC(O)c1ccn(CC(=O)N2CCCC2)c1. The Morgan fingerprint density at radius 3 is 2.83 bits per heavy atom. The standard InChI is InChI=1S/C14H22N2O2/c1-2-5-13(17)12-6-9-15(10-12)11-14(18)16-7-3-4-8-16/h6,9-10,13,17H,2-5,7-8,11H2,1H3. The summed E-state index contributed by atoms with van der Waals surface area (Å²) in [5.41, 5.74) is 0.908. The molecule has 1 unspecified atom stereocenters. The summed E-state index contributed by atoms with van der Waals surface area (Å²) in [5, 5.41) is 9.87. The number of aliphatic hydroxyl groups excluding tert-OH is 1. The van der Waals surface area contributed by atoms with Crippen LogP contribution in [0, 0.1) is 0 Å². The Bertz CT molecular complexity index is 394. The zero-order valence-corrected chi connectivity index (χ0v) is 11.0. The molecule has 1 fully saturated rings. The minimum absolute atomic E-state index is 0.180. The molecular formula is C14H22N2O2. The van der Waals surface area contributed by atoms with Crippen molar-refractivity contribution in [2.45, 2.75) is 45.3 Å². The van der Waals surface area contributed by atoms with Gasteiger partial charge in [-0.3, -0.25) is 4.79 Å². The molecule has 0 aliphatic carbocycles. The third-order valence-corrected chi connectivity index (χ3v) is 3.50. The lowest BCUT2D eigenvalue weighted by Gasteiger charge is -2.15. The van der Waals surface area contributed by atoms with E-state index in [1.54, 1.807) is 0 Å². The van der Waals surface area contributed by atoms with Gasteiger partial charge in [0.1, 0.15) is 6.54 Å². The zero-order valence-electron chi connectivity index (χ0n) is 11.0. The van der Waals surface area contributed by atoms with Crippen LogP contribution in [0.15, 0.2) is 18.5 Å². The van der Waals surface area contributed by atoms with Gasteiger partial charge in [0.05, 0.1) is 6.10 Å². The predicted molar refractivity (Wildman–Crippen MR) is 70.1 cm³/mol. The molecule has 0 saturated carbocycles. The smallest absolute Gasteiger partial charge is 0.242 e. The van der Waals surface area contributed by atoms with Crippen molar-refractivity contribution in [3.63, 3.8) is 0 Å². The quantitative estimate of drug-likeness (QED) is 0.868. The first-order valence-electron chi connectivity index (χ1n) is 6.82. The van der Waals surface area contributed by atoms with Crippen LogP contribution in [0.5, 0.6) is 0 Å². The first-order chi connectivity index (χ1) is 8.70. The summed E-state index contributed by atoms with van der Waals surface area (Å²) < 4.78 is 1.87. The fourth-order valence-electron chi connectivity index (χ4n) is 2.42. The molecule has 1 aromatic heterocycles. The van der Waals surface area contributed by atoms with Gasteiger partial charge in [0.25, 0.3) is 0 Å². The lowest BCUT2D eigenvalue weighted by atomic mass is 10.1. The fourth-order valence-corrected chi connectivity index (χ4v) is 2.42. The van der Waals surface area contributed by atoms with Crippen LogP contribution >= 0.6 is 0 Å². The summed E-state index contributed by atoms with van der Waals surface area (Å²) in [4.78, 5) is 13.9. The topological polar surface area (TPSA) is 45.5 Å². The highest BCUT2D eigenvalue weighted by atomic mass is 16.3. The third kappa shape index (κ3) is 3.13.